The van der Waals surface area contributed by atoms with E-state index in [9.17, 15) is 35.5 Å². The van der Waals surface area contributed by atoms with Crippen molar-refractivity contribution in [3.05, 3.63) is 125 Å². The van der Waals surface area contributed by atoms with Gasteiger partial charge in [0.2, 0.25) is 5.78 Å². The van der Waals surface area contributed by atoms with Gasteiger partial charge in [0.1, 0.15) is 31.6 Å². The lowest BCUT2D eigenvalue weighted by molar-refractivity contribution is -0.110. The van der Waals surface area contributed by atoms with E-state index in [2.05, 4.69) is 31.3 Å². The molecule has 0 atom stereocenters. The number of hydrogen-bond acceptors (Lipinski definition) is 15. The summed E-state index contributed by atoms with van der Waals surface area (Å²) in [5.74, 6) is -1.25. The zero-order valence-corrected chi connectivity index (χ0v) is 27.6. The average molecular weight is 722 g/mol. The summed E-state index contributed by atoms with van der Waals surface area (Å²) in [6, 6.07) is 22.7. The van der Waals surface area contributed by atoms with E-state index in [1.54, 1.807) is 78.9 Å². The maximum absolute atomic E-state index is 13.6. The summed E-state index contributed by atoms with van der Waals surface area (Å²) in [6.07, 6.45) is 6.74. The van der Waals surface area contributed by atoms with Crippen molar-refractivity contribution in [2.75, 3.05) is 16.6 Å². The smallest absolute Gasteiger partial charge is 0.217 e. The molecule has 0 unspecified atom stereocenters. The monoisotopic (exact) mass is 721 g/mol. The fraction of sp³-hybridized carbons (Fsp3) is 0. The Balaban J connectivity index is 1.29. The molecule has 0 aliphatic heterocycles. The molecular formula is C34H23N7O8S2-2. The number of hydrogen-bond donors (Lipinski definition) is 3. The Labute approximate surface area is 290 Å². The Morgan fingerprint density at radius 2 is 1.25 bits per heavy atom. The lowest BCUT2D eigenvalue weighted by Gasteiger charge is -2.23. The van der Waals surface area contributed by atoms with Gasteiger partial charge in [-0.2, -0.15) is 15.3 Å². The van der Waals surface area contributed by atoms with Crippen molar-refractivity contribution >= 4 is 77.7 Å². The van der Waals surface area contributed by atoms with E-state index in [-0.39, 0.29) is 11.5 Å². The van der Waals surface area contributed by atoms with Crippen LogP contribution in [0, 0.1) is 0 Å². The van der Waals surface area contributed by atoms with Crippen LogP contribution in [0.3, 0.4) is 0 Å². The summed E-state index contributed by atoms with van der Waals surface area (Å²) in [6.45, 7) is 0. The van der Waals surface area contributed by atoms with E-state index in [0.717, 1.165) is 17.2 Å². The summed E-state index contributed by atoms with van der Waals surface area (Å²) in [5.41, 5.74) is 12.2. The van der Waals surface area contributed by atoms with Gasteiger partial charge in [-0.15, -0.1) is 5.11 Å². The summed E-state index contributed by atoms with van der Waals surface area (Å²) in [7, 11) is -10.6. The third-order valence-electron chi connectivity index (χ3n) is 7.41. The van der Waals surface area contributed by atoms with E-state index in [4.69, 9.17) is 5.73 Å². The molecule has 0 bridgehead atoms. The molecule has 0 heterocycles. The molecule has 4 aromatic rings. The van der Waals surface area contributed by atoms with Gasteiger partial charge in [-0.05, 0) is 89.5 Å². The van der Waals surface area contributed by atoms with Crippen molar-refractivity contribution in [3.8, 4) is 11.1 Å². The first kappa shape index (κ1) is 34.5. The summed E-state index contributed by atoms with van der Waals surface area (Å²) in [5, 5.41) is 16.0. The maximum Gasteiger partial charge on any atom is 0.217 e. The summed E-state index contributed by atoms with van der Waals surface area (Å²) < 4.78 is 73.2. The molecule has 6 rings (SSSR count). The summed E-state index contributed by atoms with van der Waals surface area (Å²) in [4.78, 5) is 22.8. The Hall–Kier alpha value is -6.40. The topological polar surface area (TPSA) is 248 Å². The van der Waals surface area contributed by atoms with Crippen LogP contribution in [-0.4, -0.2) is 48.9 Å². The molecule has 0 saturated carbocycles. The van der Waals surface area contributed by atoms with Crippen LogP contribution in [0.4, 0.5) is 28.4 Å². The number of nitrogens with one attached hydrogen (secondary N) is 2. The largest absolute Gasteiger partial charge is 0.744 e. The molecule has 4 aromatic carbocycles. The van der Waals surface area contributed by atoms with Gasteiger partial charge in [0, 0.05) is 0 Å². The molecule has 256 valence electrons. The highest BCUT2D eigenvalue weighted by Crippen LogP contribution is 2.41. The number of hydrazone groups is 2. The highest BCUT2D eigenvalue weighted by atomic mass is 32.2. The van der Waals surface area contributed by atoms with Crippen molar-refractivity contribution in [3.63, 3.8) is 0 Å². The maximum atomic E-state index is 13.6. The first-order valence-corrected chi connectivity index (χ1v) is 17.5. The van der Waals surface area contributed by atoms with Crippen molar-refractivity contribution in [2.45, 2.75) is 4.90 Å². The van der Waals surface area contributed by atoms with Crippen molar-refractivity contribution in [1.82, 2.24) is 0 Å². The molecule has 0 aromatic heterocycles. The first-order valence-electron chi connectivity index (χ1n) is 14.7. The minimum absolute atomic E-state index is 0.114. The van der Waals surface area contributed by atoms with Gasteiger partial charge in [-0.1, -0.05) is 42.5 Å². The molecule has 2 aliphatic rings. The van der Waals surface area contributed by atoms with E-state index < -0.39 is 64.0 Å². The number of para-hydroxylation sites is 1. The molecular weight excluding hydrogens is 699 g/mol. The lowest BCUT2D eigenvalue weighted by Crippen LogP contribution is -2.28. The normalized spacial score (nSPS) is 15.2. The third kappa shape index (κ3) is 7.76. The highest BCUT2D eigenvalue weighted by Gasteiger charge is 2.34. The van der Waals surface area contributed by atoms with Crippen LogP contribution in [0.5, 0.6) is 0 Å². The number of rotatable bonds is 9. The summed E-state index contributed by atoms with van der Waals surface area (Å²) >= 11 is 0. The minimum Gasteiger partial charge on any atom is -0.744 e. The number of nitrogens with two attached hydrogens (primary N) is 1. The van der Waals surface area contributed by atoms with Gasteiger partial charge in [0.25, 0.3) is 0 Å². The fourth-order valence-electron chi connectivity index (χ4n) is 4.93. The van der Waals surface area contributed by atoms with Gasteiger partial charge in [-0.25, -0.2) is 16.8 Å². The van der Waals surface area contributed by atoms with Crippen LogP contribution in [0.15, 0.2) is 139 Å². The first-order chi connectivity index (χ1) is 24.3. The molecule has 15 nitrogen and oxygen atoms in total. The SMILES string of the molecule is Nc1c(N=Nc2ccc(-c3ccc(NN=C4C=CC(=O)C=C4)cc3)cc2)c(S(=O)(=O)[O-])cc2c1C(=O)/C(=N/Nc1ccccc1)C(S(=O)(=O)[O-])=C2. The van der Waals surface area contributed by atoms with Gasteiger partial charge >= 0.3 is 0 Å². The number of anilines is 3. The number of ketones is 2. The van der Waals surface area contributed by atoms with E-state index in [1.165, 1.54) is 12.2 Å². The molecule has 4 N–H and O–H groups in total. The standard InChI is InChI=1S/C34H25N7O8S2/c35-31-30-22(19-29(51(47,48)49)33(34(30)43)41-38-23-4-2-1-3-5-23)18-28(50(44,45)46)32(31)40-39-25-12-8-21(9-13-25)20-6-10-24(11-7-20)36-37-26-14-16-27(42)17-15-26/h1-19,36,38H,35H2,(H,44,45,46)(H,47,48,49)/p-2/b40-39?,41-33+. The van der Waals surface area contributed by atoms with Crippen LogP contribution in [0.25, 0.3) is 17.2 Å². The Morgan fingerprint density at radius 1 is 0.667 bits per heavy atom. The number of nitrogen functional groups attached to an aromatic ring is 1. The lowest BCUT2D eigenvalue weighted by atomic mass is 9.92. The number of carbonyl (C=O) groups excluding carboxylic acids is 2. The van der Waals surface area contributed by atoms with E-state index in [0.29, 0.717) is 23.2 Å². The van der Waals surface area contributed by atoms with Crippen LogP contribution in [0.1, 0.15) is 15.9 Å². The van der Waals surface area contributed by atoms with Gasteiger partial charge in [0.15, 0.2) is 5.78 Å². The van der Waals surface area contributed by atoms with E-state index in [1.807, 2.05) is 12.1 Å². The number of fused-ring (bicyclic) bond motifs is 1. The molecule has 0 fully saturated rings. The Morgan fingerprint density at radius 3 is 1.86 bits per heavy atom. The number of Topliss-reactive ketones (excluding diaryl/α,β-unsaturated/α-hetero) is 1. The molecule has 0 saturated heterocycles. The highest BCUT2D eigenvalue weighted by molar-refractivity contribution is 7.91. The van der Waals surface area contributed by atoms with Crippen molar-refractivity contribution < 1.29 is 35.5 Å². The zero-order valence-electron chi connectivity index (χ0n) is 25.9. The number of azo groups is 1. The van der Waals surface area contributed by atoms with Crippen LogP contribution in [-0.2, 0) is 25.0 Å². The molecule has 0 radical (unpaired) electrons. The molecule has 51 heavy (non-hydrogen) atoms. The van der Waals surface area contributed by atoms with Gasteiger partial charge in [-0.3, -0.25) is 20.4 Å². The Kier molecular flexibility index (Phi) is 9.35. The van der Waals surface area contributed by atoms with Gasteiger partial charge in [0.05, 0.1) is 43.8 Å². The van der Waals surface area contributed by atoms with Crippen molar-refractivity contribution in [1.29, 1.82) is 0 Å². The number of benzene rings is 4. The predicted molar refractivity (Wildman–Crippen MR) is 189 cm³/mol. The predicted octanol–water partition coefficient (Wildman–Crippen LogP) is 5.27. The molecule has 0 amide bonds. The number of allylic oxidation sites excluding steroid dienone is 5. The third-order valence-corrected chi connectivity index (χ3v) is 9.11. The second kappa shape index (κ2) is 13.8. The molecule has 17 heteroatoms. The molecule has 0 spiro atoms. The molecule has 2 aliphatic carbocycles. The minimum atomic E-state index is -5.32. The van der Waals surface area contributed by atoms with Crippen molar-refractivity contribution in [2.24, 2.45) is 20.4 Å². The second-order valence-corrected chi connectivity index (χ2v) is 13.5. The quantitative estimate of drug-likeness (QED) is 0.0660. The van der Waals surface area contributed by atoms with Gasteiger partial charge < -0.3 is 14.8 Å². The average Bonchev–Trinajstić information content (AvgIpc) is 3.10. The van der Waals surface area contributed by atoms with E-state index >= 15 is 0 Å². The number of carbonyl (C=O) groups is 2. The zero-order chi connectivity index (χ0) is 36.3. The van der Waals surface area contributed by atoms with Crippen LogP contribution in [0.2, 0.25) is 0 Å². The second-order valence-electron chi connectivity index (χ2n) is 10.8. The number of nitrogens with zero attached hydrogens (tertiary/aromatic N) is 4. The van der Waals surface area contributed by atoms with Crippen LogP contribution < -0.4 is 16.6 Å². The fourth-order valence-corrected chi connectivity index (χ4v) is 6.24. The Bertz CT molecular complexity index is 2470. The van der Waals surface area contributed by atoms with Crippen LogP contribution >= 0.6 is 0 Å².